The predicted octanol–water partition coefficient (Wildman–Crippen LogP) is 1.38. The molecular formula is C20H26N4O3. The van der Waals surface area contributed by atoms with Crippen molar-refractivity contribution in [3.8, 4) is 0 Å². The van der Waals surface area contributed by atoms with Gasteiger partial charge in [-0.3, -0.25) is 19.3 Å². The van der Waals surface area contributed by atoms with Gasteiger partial charge in [0.05, 0.1) is 5.57 Å². The molecule has 0 spiro atoms. The largest absolute Gasteiger partial charge is 0.364 e. The molecule has 0 bridgehead atoms. The number of imide groups is 1. The van der Waals surface area contributed by atoms with Gasteiger partial charge in [-0.25, -0.2) is 0 Å². The monoisotopic (exact) mass is 370 g/mol. The molecule has 3 rings (SSSR count). The molecule has 0 unspecified atom stereocenters. The average Bonchev–Trinajstić information content (AvgIpc) is 2.86. The molecule has 0 radical (unpaired) electrons. The lowest BCUT2D eigenvalue weighted by atomic mass is 10.0. The van der Waals surface area contributed by atoms with E-state index in [0.29, 0.717) is 35.6 Å². The topological polar surface area (TPSA) is 73.0 Å². The van der Waals surface area contributed by atoms with E-state index in [4.69, 9.17) is 0 Å². The Morgan fingerprint density at radius 3 is 2.11 bits per heavy atom. The number of hydrogen-bond acceptors (Lipinski definition) is 5. The molecule has 1 fully saturated rings. The summed E-state index contributed by atoms with van der Waals surface area (Å²) in [5.41, 5.74) is 2.30. The zero-order valence-electron chi connectivity index (χ0n) is 16.3. The molecule has 1 aromatic carbocycles. The van der Waals surface area contributed by atoms with E-state index in [9.17, 15) is 14.4 Å². The van der Waals surface area contributed by atoms with Crippen LogP contribution in [-0.2, 0) is 14.4 Å². The SMILES string of the molecule is CC(=O)Nc1ccc(C2=C(N3CCN(C)CC3)C(=O)N(C(C)C)C2=O)cc1. The van der Waals surface area contributed by atoms with Gasteiger partial charge in [0, 0.05) is 44.8 Å². The fourth-order valence-electron chi connectivity index (χ4n) is 3.51. The van der Waals surface area contributed by atoms with Crippen LogP contribution in [0.2, 0.25) is 0 Å². The van der Waals surface area contributed by atoms with E-state index in [0.717, 1.165) is 13.1 Å². The summed E-state index contributed by atoms with van der Waals surface area (Å²) < 4.78 is 0. The quantitative estimate of drug-likeness (QED) is 0.811. The molecule has 1 aromatic rings. The molecule has 0 aromatic heterocycles. The summed E-state index contributed by atoms with van der Waals surface area (Å²) in [6.45, 7) is 8.26. The number of rotatable bonds is 4. The van der Waals surface area contributed by atoms with E-state index >= 15 is 0 Å². The third-order valence-electron chi connectivity index (χ3n) is 4.92. The Labute approximate surface area is 159 Å². The second-order valence-electron chi connectivity index (χ2n) is 7.35. The number of nitrogens with zero attached hydrogens (tertiary/aromatic N) is 3. The Bertz CT molecular complexity index is 790. The van der Waals surface area contributed by atoms with Gasteiger partial charge >= 0.3 is 0 Å². The molecule has 1 saturated heterocycles. The maximum atomic E-state index is 13.1. The molecule has 3 amide bonds. The van der Waals surface area contributed by atoms with Crippen molar-refractivity contribution in [2.75, 3.05) is 38.5 Å². The molecule has 2 aliphatic heterocycles. The number of carbonyl (C=O) groups is 3. The van der Waals surface area contributed by atoms with Crippen LogP contribution in [0.4, 0.5) is 5.69 Å². The number of piperazine rings is 1. The van der Waals surface area contributed by atoms with Crippen LogP contribution in [-0.4, -0.2) is 71.7 Å². The Kier molecular flexibility index (Phi) is 5.32. The maximum Gasteiger partial charge on any atom is 0.278 e. The van der Waals surface area contributed by atoms with Crippen molar-refractivity contribution in [1.82, 2.24) is 14.7 Å². The van der Waals surface area contributed by atoms with Crippen molar-refractivity contribution in [1.29, 1.82) is 0 Å². The molecule has 1 N–H and O–H groups in total. The standard InChI is InChI=1S/C20H26N4O3/c1-13(2)24-19(26)17(15-5-7-16(8-6-15)21-14(3)25)18(20(24)27)23-11-9-22(4)10-12-23/h5-8,13H,9-12H2,1-4H3,(H,21,25). The highest BCUT2D eigenvalue weighted by Crippen LogP contribution is 2.33. The summed E-state index contributed by atoms with van der Waals surface area (Å²) in [6.07, 6.45) is 0. The van der Waals surface area contributed by atoms with Gasteiger partial charge in [0.15, 0.2) is 0 Å². The highest BCUT2D eigenvalue weighted by atomic mass is 16.2. The summed E-state index contributed by atoms with van der Waals surface area (Å²) in [7, 11) is 2.05. The van der Waals surface area contributed by atoms with Gasteiger partial charge in [0.25, 0.3) is 11.8 Å². The number of hydrogen-bond donors (Lipinski definition) is 1. The van der Waals surface area contributed by atoms with Gasteiger partial charge in [-0.1, -0.05) is 12.1 Å². The molecule has 7 nitrogen and oxygen atoms in total. The van der Waals surface area contributed by atoms with E-state index in [2.05, 4.69) is 17.3 Å². The number of carbonyl (C=O) groups excluding carboxylic acids is 3. The third-order valence-corrected chi connectivity index (χ3v) is 4.92. The third kappa shape index (κ3) is 3.73. The molecule has 7 heteroatoms. The molecule has 2 heterocycles. The lowest BCUT2D eigenvalue weighted by molar-refractivity contribution is -0.139. The highest BCUT2D eigenvalue weighted by Gasteiger charge is 2.43. The van der Waals surface area contributed by atoms with Gasteiger partial charge in [-0.2, -0.15) is 0 Å². The molecule has 2 aliphatic rings. The van der Waals surface area contributed by atoms with Crippen LogP contribution < -0.4 is 5.32 Å². The number of nitrogens with one attached hydrogen (secondary N) is 1. The van der Waals surface area contributed by atoms with Gasteiger partial charge in [0.2, 0.25) is 5.91 Å². The summed E-state index contributed by atoms with van der Waals surface area (Å²) in [5, 5.41) is 2.72. The molecule has 0 atom stereocenters. The second kappa shape index (κ2) is 7.52. The van der Waals surface area contributed by atoms with Crippen molar-refractivity contribution in [2.45, 2.75) is 26.8 Å². The van der Waals surface area contributed by atoms with Crippen molar-refractivity contribution < 1.29 is 14.4 Å². The Morgan fingerprint density at radius 1 is 1.00 bits per heavy atom. The Balaban J connectivity index is 2.01. The van der Waals surface area contributed by atoms with Gasteiger partial charge in [0.1, 0.15) is 5.70 Å². The predicted molar refractivity (Wildman–Crippen MR) is 104 cm³/mol. The summed E-state index contributed by atoms with van der Waals surface area (Å²) in [6, 6.07) is 6.86. The number of anilines is 1. The van der Waals surface area contributed by atoms with Crippen LogP contribution in [0.15, 0.2) is 30.0 Å². The van der Waals surface area contributed by atoms with E-state index in [1.165, 1.54) is 11.8 Å². The normalized spacial score (nSPS) is 18.7. The van der Waals surface area contributed by atoms with Crippen molar-refractivity contribution >= 4 is 29.0 Å². The number of likely N-dealkylation sites (N-methyl/N-ethyl adjacent to an activating group) is 1. The number of benzene rings is 1. The first-order chi connectivity index (χ1) is 12.8. The second-order valence-corrected chi connectivity index (χ2v) is 7.35. The van der Waals surface area contributed by atoms with E-state index in [1.807, 2.05) is 18.7 Å². The smallest absolute Gasteiger partial charge is 0.278 e. The first kappa shape index (κ1) is 19.1. The van der Waals surface area contributed by atoms with Crippen LogP contribution in [0.5, 0.6) is 0 Å². The van der Waals surface area contributed by atoms with Gasteiger partial charge in [-0.05, 0) is 38.6 Å². The average molecular weight is 370 g/mol. The molecule has 27 heavy (non-hydrogen) atoms. The van der Waals surface area contributed by atoms with E-state index < -0.39 is 0 Å². The highest BCUT2D eigenvalue weighted by molar-refractivity contribution is 6.35. The zero-order chi connectivity index (χ0) is 19.7. The van der Waals surface area contributed by atoms with Crippen LogP contribution in [0.25, 0.3) is 5.57 Å². The fourth-order valence-corrected chi connectivity index (χ4v) is 3.51. The summed E-state index contributed by atoms with van der Waals surface area (Å²) >= 11 is 0. The first-order valence-corrected chi connectivity index (χ1v) is 9.23. The molecule has 0 aliphatic carbocycles. The fraction of sp³-hybridized carbons (Fsp3) is 0.450. The Hall–Kier alpha value is -2.67. The lowest BCUT2D eigenvalue weighted by Gasteiger charge is -2.34. The van der Waals surface area contributed by atoms with Gasteiger partial charge in [-0.15, -0.1) is 0 Å². The minimum atomic E-state index is -0.254. The van der Waals surface area contributed by atoms with Crippen LogP contribution in [0.3, 0.4) is 0 Å². The van der Waals surface area contributed by atoms with E-state index in [-0.39, 0.29) is 23.8 Å². The zero-order valence-corrected chi connectivity index (χ0v) is 16.3. The van der Waals surface area contributed by atoms with Crippen LogP contribution in [0.1, 0.15) is 26.3 Å². The minimum Gasteiger partial charge on any atom is -0.364 e. The molecule has 0 saturated carbocycles. The summed E-state index contributed by atoms with van der Waals surface area (Å²) in [4.78, 5) is 42.9. The van der Waals surface area contributed by atoms with E-state index in [1.54, 1.807) is 24.3 Å². The van der Waals surface area contributed by atoms with Crippen LogP contribution in [0, 0.1) is 0 Å². The summed E-state index contributed by atoms with van der Waals surface area (Å²) in [5.74, 6) is -0.630. The number of amides is 3. The van der Waals surface area contributed by atoms with Crippen molar-refractivity contribution in [3.63, 3.8) is 0 Å². The first-order valence-electron chi connectivity index (χ1n) is 9.23. The molecular weight excluding hydrogens is 344 g/mol. The van der Waals surface area contributed by atoms with Crippen LogP contribution >= 0.6 is 0 Å². The Morgan fingerprint density at radius 2 is 1.59 bits per heavy atom. The molecule has 144 valence electrons. The van der Waals surface area contributed by atoms with Crippen molar-refractivity contribution in [2.24, 2.45) is 0 Å². The lowest BCUT2D eigenvalue weighted by Crippen LogP contribution is -2.46. The maximum absolute atomic E-state index is 13.1. The van der Waals surface area contributed by atoms with Gasteiger partial charge < -0.3 is 15.1 Å². The van der Waals surface area contributed by atoms with Crippen molar-refractivity contribution in [3.05, 3.63) is 35.5 Å². The minimum absolute atomic E-state index is 0.154.